The first-order valence-electron chi connectivity index (χ1n) is 8.48. The summed E-state index contributed by atoms with van der Waals surface area (Å²) in [5.74, 6) is 0.256. The SMILES string of the molecule is Cc1nc2cc(NC(=O)CCNS(=O)(=O)c3ccc(C)c(C)c3)ccc2o1. The highest BCUT2D eigenvalue weighted by Crippen LogP contribution is 2.20. The smallest absolute Gasteiger partial charge is 0.240 e. The van der Waals surface area contributed by atoms with Crippen LogP contribution in [0.15, 0.2) is 45.7 Å². The van der Waals surface area contributed by atoms with Crippen molar-refractivity contribution < 1.29 is 17.6 Å². The van der Waals surface area contributed by atoms with E-state index in [1.54, 1.807) is 43.3 Å². The predicted molar refractivity (Wildman–Crippen MR) is 103 cm³/mol. The van der Waals surface area contributed by atoms with Gasteiger partial charge in [-0.05, 0) is 55.3 Å². The summed E-state index contributed by atoms with van der Waals surface area (Å²) >= 11 is 0. The Hall–Kier alpha value is -2.71. The fraction of sp³-hybridized carbons (Fsp3) is 0.263. The van der Waals surface area contributed by atoms with E-state index in [9.17, 15) is 13.2 Å². The molecule has 2 N–H and O–H groups in total. The van der Waals surface area contributed by atoms with E-state index in [1.807, 2.05) is 13.8 Å². The molecule has 7 nitrogen and oxygen atoms in total. The first-order chi connectivity index (χ1) is 12.7. The minimum absolute atomic E-state index is 0.00635. The molecule has 3 rings (SSSR count). The van der Waals surface area contributed by atoms with Crippen molar-refractivity contribution in [1.29, 1.82) is 0 Å². The molecule has 0 aliphatic rings. The van der Waals surface area contributed by atoms with Gasteiger partial charge in [-0.2, -0.15) is 0 Å². The molecule has 0 fully saturated rings. The highest BCUT2D eigenvalue weighted by Gasteiger charge is 2.15. The number of rotatable bonds is 6. The van der Waals surface area contributed by atoms with E-state index in [4.69, 9.17) is 4.42 Å². The summed E-state index contributed by atoms with van der Waals surface area (Å²) in [6.07, 6.45) is 0.0138. The Morgan fingerprint density at radius 3 is 2.59 bits per heavy atom. The molecular weight excluding hydrogens is 366 g/mol. The van der Waals surface area contributed by atoms with Gasteiger partial charge in [-0.25, -0.2) is 18.1 Å². The number of amides is 1. The number of nitrogens with one attached hydrogen (secondary N) is 2. The number of hydrogen-bond donors (Lipinski definition) is 2. The average molecular weight is 387 g/mol. The highest BCUT2D eigenvalue weighted by atomic mass is 32.2. The van der Waals surface area contributed by atoms with Crippen LogP contribution in [-0.4, -0.2) is 25.9 Å². The molecule has 0 saturated carbocycles. The molecule has 3 aromatic rings. The zero-order valence-corrected chi connectivity index (χ0v) is 16.2. The fourth-order valence-corrected chi connectivity index (χ4v) is 3.72. The van der Waals surface area contributed by atoms with E-state index in [-0.39, 0.29) is 23.8 Å². The van der Waals surface area contributed by atoms with Gasteiger partial charge in [0.1, 0.15) is 5.52 Å². The van der Waals surface area contributed by atoms with E-state index < -0.39 is 10.0 Å². The minimum Gasteiger partial charge on any atom is -0.441 e. The van der Waals surface area contributed by atoms with Crippen LogP contribution < -0.4 is 10.0 Å². The van der Waals surface area contributed by atoms with Crippen molar-refractivity contribution in [3.05, 3.63) is 53.4 Å². The third kappa shape index (κ3) is 4.53. The van der Waals surface area contributed by atoms with Crippen molar-refractivity contribution in [2.24, 2.45) is 0 Å². The van der Waals surface area contributed by atoms with Crippen molar-refractivity contribution in [2.75, 3.05) is 11.9 Å². The Labute approximate surface area is 157 Å². The van der Waals surface area contributed by atoms with E-state index >= 15 is 0 Å². The van der Waals surface area contributed by atoms with Crippen LogP contribution in [0.3, 0.4) is 0 Å². The third-order valence-corrected chi connectivity index (χ3v) is 5.67. The zero-order valence-electron chi connectivity index (χ0n) is 15.4. The fourth-order valence-electron chi connectivity index (χ4n) is 2.61. The van der Waals surface area contributed by atoms with Gasteiger partial charge in [0.2, 0.25) is 15.9 Å². The molecule has 27 heavy (non-hydrogen) atoms. The molecule has 142 valence electrons. The predicted octanol–water partition coefficient (Wildman–Crippen LogP) is 3.06. The number of nitrogens with zero attached hydrogens (tertiary/aromatic N) is 1. The average Bonchev–Trinajstić information content (AvgIpc) is 2.96. The monoisotopic (exact) mass is 387 g/mol. The zero-order chi connectivity index (χ0) is 19.6. The number of fused-ring (bicyclic) bond motifs is 1. The normalized spacial score (nSPS) is 11.7. The van der Waals surface area contributed by atoms with Crippen molar-refractivity contribution in [3.63, 3.8) is 0 Å². The number of benzene rings is 2. The van der Waals surface area contributed by atoms with Gasteiger partial charge in [-0.15, -0.1) is 0 Å². The molecule has 0 unspecified atom stereocenters. The van der Waals surface area contributed by atoms with Gasteiger partial charge in [0.25, 0.3) is 0 Å². The van der Waals surface area contributed by atoms with Crippen molar-refractivity contribution in [1.82, 2.24) is 9.71 Å². The molecule has 1 amide bonds. The van der Waals surface area contributed by atoms with Crippen LogP contribution in [-0.2, 0) is 14.8 Å². The van der Waals surface area contributed by atoms with E-state index in [1.165, 1.54) is 0 Å². The molecule has 2 aromatic carbocycles. The van der Waals surface area contributed by atoms with E-state index in [0.29, 0.717) is 22.7 Å². The van der Waals surface area contributed by atoms with Crippen LogP contribution in [0, 0.1) is 20.8 Å². The lowest BCUT2D eigenvalue weighted by molar-refractivity contribution is -0.116. The Bertz CT molecular complexity index is 1100. The second-order valence-corrected chi connectivity index (χ2v) is 8.12. The summed E-state index contributed by atoms with van der Waals surface area (Å²) in [5, 5.41) is 2.73. The largest absolute Gasteiger partial charge is 0.441 e. The molecule has 0 bridgehead atoms. The molecule has 0 radical (unpaired) electrons. The van der Waals surface area contributed by atoms with Gasteiger partial charge in [0.05, 0.1) is 4.90 Å². The van der Waals surface area contributed by atoms with Gasteiger partial charge in [0, 0.05) is 25.6 Å². The summed E-state index contributed by atoms with van der Waals surface area (Å²) in [4.78, 5) is 16.5. The van der Waals surface area contributed by atoms with Gasteiger partial charge in [-0.1, -0.05) is 6.07 Å². The standard InChI is InChI=1S/C19H21N3O4S/c1-12-4-6-16(10-13(12)2)27(24,25)20-9-8-19(23)22-15-5-7-18-17(11-15)21-14(3)26-18/h4-7,10-11,20H,8-9H2,1-3H3,(H,22,23). The first-order valence-corrected chi connectivity index (χ1v) is 9.97. The van der Waals surface area contributed by atoms with E-state index in [0.717, 1.165) is 11.1 Å². The van der Waals surface area contributed by atoms with Crippen LogP contribution in [0.4, 0.5) is 5.69 Å². The second-order valence-electron chi connectivity index (χ2n) is 6.36. The maximum Gasteiger partial charge on any atom is 0.240 e. The summed E-state index contributed by atoms with van der Waals surface area (Å²) in [6.45, 7) is 5.53. The number of carbonyl (C=O) groups excluding carboxylic acids is 1. The third-order valence-electron chi connectivity index (χ3n) is 4.21. The Balaban J connectivity index is 1.57. The summed E-state index contributed by atoms with van der Waals surface area (Å²) < 4.78 is 32.5. The summed E-state index contributed by atoms with van der Waals surface area (Å²) in [6, 6.07) is 10.1. The Kier molecular flexibility index (Phi) is 5.29. The molecule has 1 aromatic heterocycles. The first kappa shape index (κ1) is 19.1. The van der Waals surface area contributed by atoms with Gasteiger partial charge in [0.15, 0.2) is 11.5 Å². The number of aryl methyl sites for hydroxylation is 3. The minimum atomic E-state index is -3.65. The van der Waals surface area contributed by atoms with Crippen LogP contribution in [0.2, 0.25) is 0 Å². The van der Waals surface area contributed by atoms with Gasteiger partial charge in [-0.3, -0.25) is 4.79 Å². The lowest BCUT2D eigenvalue weighted by atomic mass is 10.1. The summed E-state index contributed by atoms with van der Waals surface area (Å²) in [5.41, 5.74) is 3.80. The van der Waals surface area contributed by atoms with E-state index in [2.05, 4.69) is 15.0 Å². The Morgan fingerprint density at radius 1 is 1.07 bits per heavy atom. The van der Waals surface area contributed by atoms with Crippen LogP contribution >= 0.6 is 0 Å². The topological polar surface area (TPSA) is 101 Å². The van der Waals surface area contributed by atoms with Crippen molar-refractivity contribution >= 4 is 32.7 Å². The number of oxazole rings is 1. The number of sulfonamides is 1. The van der Waals surface area contributed by atoms with Crippen molar-refractivity contribution in [3.8, 4) is 0 Å². The van der Waals surface area contributed by atoms with Gasteiger partial charge >= 0.3 is 0 Å². The molecule has 8 heteroatoms. The number of carbonyl (C=O) groups is 1. The van der Waals surface area contributed by atoms with Crippen LogP contribution in [0.5, 0.6) is 0 Å². The maximum absolute atomic E-state index is 12.3. The lowest BCUT2D eigenvalue weighted by Crippen LogP contribution is -2.28. The van der Waals surface area contributed by atoms with Crippen LogP contribution in [0.1, 0.15) is 23.4 Å². The molecule has 0 atom stereocenters. The number of aromatic nitrogens is 1. The highest BCUT2D eigenvalue weighted by molar-refractivity contribution is 7.89. The molecule has 0 aliphatic heterocycles. The maximum atomic E-state index is 12.3. The molecule has 0 saturated heterocycles. The molecule has 1 heterocycles. The van der Waals surface area contributed by atoms with Crippen molar-refractivity contribution in [2.45, 2.75) is 32.1 Å². The molecule has 0 spiro atoms. The summed E-state index contributed by atoms with van der Waals surface area (Å²) in [7, 11) is -3.65. The number of anilines is 1. The van der Waals surface area contributed by atoms with Gasteiger partial charge < -0.3 is 9.73 Å². The lowest BCUT2D eigenvalue weighted by Gasteiger charge is -2.09. The second kappa shape index (κ2) is 7.50. The number of hydrogen-bond acceptors (Lipinski definition) is 5. The molecule has 0 aliphatic carbocycles. The quantitative estimate of drug-likeness (QED) is 0.677. The molecular formula is C19H21N3O4S. The Morgan fingerprint density at radius 2 is 1.85 bits per heavy atom. The van der Waals surface area contributed by atoms with Crippen LogP contribution in [0.25, 0.3) is 11.1 Å².